The predicted molar refractivity (Wildman–Crippen MR) is 73.7 cm³/mol. The number of fused-ring (bicyclic) bond motifs is 1. The summed E-state index contributed by atoms with van der Waals surface area (Å²) in [4.78, 5) is 4.08. The zero-order chi connectivity index (χ0) is 14.8. The third-order valence-corrected chi connectivity index (χ3v) is 3.27. The Bertz CT molecular complexity index is 694. The molecule has 0 radical (unpaired) electrons. The second kappa shape index (κ2) is 5.47. The van der Waals surface area contributed by atoms with E-state index in [-0.39, 0.29) is 18.2 Å². The number of aryl methyl sites for hydroxylation is 1. The van der Waals surface area contributed by atoms with Crippen LogP contribution in [-0.2, 0) is 19.5 Å². The van der Waals surface area contributed by atoms with Crippen molar-refractivity contribution in [2.45, 2.75) is 25.9 Å². The maximum absolute atomic E-state index is 13.5. The lowest BCUT2D eigenvalue weighted by Crippen LogP contribution is -2.23. The summed E-state index contributed by atoms with van der Waals surface area (Å²) in [5.74, 6) is 0.504. The van der Waals surface area contributed by atoms with Gasteiger partial charge in [-0.25, -0.2) is 13.8 Å². The van der Waals surface area contributed by atoms with Crippen molar-refractivity contribution >= 4 is 11.6 Å². The van der Waals surface area contributed by atoms with Crippen LogP contribution in [0.15, 0.2) is 23.2 Å². The average molecular weight is 292 g/mol. The molecule has 21 heavy (non-hydrogen) atoms. The molecule has 1 aromatic heterocycles. The van der Waals surface area contributed by atoms with Crippen LogP contribution in [0, 0.1) is 11.6 Å². The molecule has 2 heterocycles. The van der Waals surface area contributed by atoms with Crippen LogP contribution in [0.25, 0.3) is 0 Å². The Labute approximate surface area is 119 Å². The minimum Gasteiger partial charge on any atom is -0.370 e. The number of benzene rings is 1. The molecule has 0 fully saturated rings. The van der Waals surface area contributed by atoms with E-state index in [2.05, 4.69) is 20.5 Å². The van der Waals surface area contributed by atoms with E-state index >= 15 is 0 Å². The van der Waals surface area contributed by atoms with Crippen LogP contribution in [0.1, 0.15) is 18.1 Å². The van der Waals surface area contributed by atoms with Crippen LogP contribution in [0.4, 0.5) is 14.5 Å². The number of nitrogens with two attached hydrogens (primary N) is 1. The highest BCUT2D eigenvalue weighted by atomic mass is 19.1. The van der Waals surface area contributed by atoms with Gasteiger partial charge in [-0.15, -0.1) is 10.2 Å². The molecule has 3 rings (SSSR count). The number of rotatable bonds is 3. The Hall–Kier alpha value is -2.51. The van der Waals surface area contributed by atoms with Crippen LogP contribution in [0.5, 0.6) is 0 Å². The molecule has 8 heteroatoms. The minimum absolute atomic E-state index is 0.00477. The maximum Gasteiger partial charge on any atom is 0.193 e. The summed E-state index contributed by atoms with van der Waals surface area (Å²) in [6.07, 6.45) is 1.96. The zero-order valence-corrected chi connectivity index (χ0v) is 11.2. The molecule has 0 saturated heterocycles. The summed E-state index contributed by atoms with van der Waals surface area (Å²) in [5.41, 5.74) is 5.63. The largest absolute Gasteiger partial charge is 0.370 e. The second-order valence-corrected chi connectivity index (χ2v) is 4.74. The van der Waals surface area contributed by atoms with Crippen molar-refractivity contribution in [2.24, 2.45) is 10.7 Å². The van der Waals surface area contributed by atoms with E-state index in [1.807, 2.05) is 4.57 Å². The van der Waals surface area contributed by atoms with Crippen molar-refractivity contribution in [3.8, 4) is 0 Å². The molecule has 1 aromatic carbocycles. The number of guanidine groups is 1. The van der Waals surface area contributed by atoms with E-state index in [0.29, 0.717) is 5.82 Å². The van der Waals surface area contributed by atoms with Crippen molar-refractivity contribution in [1.29, 1.82) is 0 Å². The zero-order valence-electron chi connectivity index (χ0n) is 11.2. The summed E-state index contributed by atoms with van der Waals surface area (Å²) in [7, 11) is 0. The highest BCUT2D eigenvalue weighted by molar-refractivity contribution is 5.92. The highest BCUT2D eigenvalue weighted by Gasteiger charge is 2.16. The fourth-order valence-corrected chi connectivity index (χ4v) is 2.25. The van der Waals surface area contributed by atoms with Gasteiger partial charge in [-0.1, -0.05) is 0 Å². The molecule has 0 aliphatic carbocycles. The molecule has 1 aliphatic heterocycles. The number of anilines is 1. The lowest BCUT2D eigenvalue weighted by molar-refractivity contribution is 0.604. The van der Waals surface area contributed by atoms with Crippen LogP contribution in [0.3, 0.4) is 0 Å². The minimum atomic E-state index is -0.599. The number of nitrogens with one attached hydrogen (secondary N) is 1. The van der Waals surface area contributed by atoms with Gasteiger partial charge in [0.1, 0.15) is 24.0 Å². The van der Waals surface area contributed by atoms with E-state index < -0.39 is 11.6 Å². The molecular weight excluding hydrogens is 278 g/mol. The SMILES string of the molecule is NC(=NCc1nnc2n1CCC2)Nc1cc(F)ccc1F. The van der Waals surface area contributed by atoms with Gasteiger partial charge in [0.2, 0.25) is 0 Å². The molecule has 110 valence electrons. The molecular formula is C13H14F2N6. The number of hydrogen-bond donors (Lipinski definition) is 2. The van der Waals surface area contributed by atoms with Crippen molar-refractivity contribution in [1.82, 2.24) is 14.8 Å². The number of aromatic nitrogens is 3. The quantitative estimate of drug-likeness (QED) is 0.662. The Morgan fingerprint density at radius 1 is 1.38 bits per heavy atom. The van der Waals surface area contributed by atoms with Crippen LogP contribution in [-0.4, -0.2) is 20.7 Å². The van der Waals surface area contributed by atoms with Gasteiger partial charge in [0, 0.05) is 19.0 Å². The average Bonchev–Trinajstić information content (AvgIpc) is 3.04. The molecule has 0 atom stereocenters. The molecule has 0 unspecified atom stereocenters. The first-order chi connectivity index (χ1) is 10.1. The summed E-state index contributed by atoms with van der Waals surface area (Å²) >= 11 is 0. The fourth-order valence-electron chi connectivity index (χ4n) is 2.25. The van der Waals surface area contributed by atoms with Gasteiger partial charge in [0.25, 0.3) is 0 Å². The van der Waals surface area contributed by atoms with Crippen LogP contribution >= 0.6 is 0 Å². The molecule has 1 aliphatic rings. The fraction of sp³-hybridized carbons (Fsp3) is 0.308. The Morgan fingerprint density at radius 2 is 2.24 bits per heavy atom. The van der Waals surface area contributed by atoms with Gasteiger partial charge in [-0.2, -0.15) is 0 Å². The summed E-state index contributed by atoms with van der Waals surface area (Å²) < 4.78 is 28.5. The van der Waals surface area contributed by atoms with Gasteiger partial charge >= 0.3 is 0 Å². The highest BCUT2D eigenvalue weighted by Crippen LogP contribution is 2.16. The Balaban J connectivity index is 1.70. The second-order valence-electron chi connectivity index (χ2n) is 4.74. The number of hydrogen-bond acceptors (Lipinski definition) is 3. The van der Waals surface area contributed by atoms with E-state index in [4.69, 9.17) is 5.73 Å². The third kappa shape index (κ3) is 2.83. The number of aliphatic imine (C=N–C) groups is 1. The summed E-state index contributed by atoms with van der Waals surface area (Å²) in [6, 6.07) is 3.08. The summed E-state index contributed by atoms with van der Waals surface area (Å²) in [5, 5.41) is 10.6. The van der Waals surface area contributed by atoms with Crippen molar-refractivity contribution < 1.29 is 8.78 Å². The van der Waals surface area contributed by atoms with Gasteiger partial charge in [-0.3, -0.25) is 0 Å². The molecule has 0 saturated carbocycles. The topological polar surface area (TPSA) is 81.1 Å². The Kier molecular flexibility index (Phi) is 3.51. The van der Waals surface area contributed by atoms with E-state index in [1.165, 1.54) is 0 Å². The van der Waals surface area contributed by atoms with E-state index in [1.54, 1.807) is 0 Å². The lowest BCUT2D eigenvalue weighted by atomic mass is 10.3. The first-order valence-electron chi connectivity index (χ1n) is 6.56. The standard InChI is InChI=1S/C13H14F2N6/c14-8-3-4-9(15)10(6-8)18-13(16)17-7-12-20-19-11-2-1-5-21(11)12/h3-4,6H,1-2,5,7H2,(H3,16,17,18). The third-order valence-electron chi connectivity index (χ3n) is 3.27. The summed E-state index contributed by atoms with van der Waals surface area (Å²) in [6.45, 7) is 1.11. The molecule has 6 nitrogen and oxygen atoms in total. The molecule has 0 amide bonds. The lowest BCUT2D eigenvalue weighted by Gasteiger charge is -2.07. The van der Waals surface area contributed by atoms with Gasteiger partial charge in [-0.05, 0) is 18.6 Å². The van der Waals surface area contributed by atoms with Crippen LogP contribution in [0.2, 0.25) is 0 Å². The molecule has 3 N–H and O–H groups in total. The van der Waals surface area contributed by atoms with Gasteiger partial charge in [0.05, 0.1) is 5.69 Å². The Morgan fingerprint density at radius 3 is 3.10 bits per heavy atom. The monoisotopic (exact) mass is 292 g/mol. The van der Waals surface area contributed by atoms with Gasteiger partial charge in [0.15, 0.2) is 11.8 Å². The molecule has 2 aromatic rings. The van der Waals surface area contributed by atoms with Crippen molar-refractivity contribution in [2.75, 3.05) is 5.32 Å². The number of halogens is 2. The van der Waals surface area contributed by atoms with Crippen molar-refractivity contribution in [3.05, 3.63) is 41.5 Å². The maximum atomic E-state index is 13.5. The molecule has 0 spiro atoms. The van der Waals surface area contributed by atoms with Gasteiger partial charge < -0.3 is 15.6 Å². The predicted octanol–water partition coefficient (Wildman–Crippen LogP) is 1.43. The number of nitrogens with zero attached hydrogens (tertiary/aromatic N) is 4. The van der Waals surface area contributed by atoms with E-state index in [0.717, 1.165) is 43.4 Å². The van der Waals surface area contributed by atoms with Crippen molar-refractivity contribution in [3.63, 3.8) is 0 Å². The first-order valence-corrected chi connectivity index (χ1v) is 6.56. The smallest absolute Gasteiger partial charge is 0.193 e. The molecule has 0 bridgehead atoms. The normalized spacial score (nSPS) is 14.3. The van der Waals surface area contributed by atoms with E-state index in [9.17, 15) is 8.78 Å². The van der Waals surface area contributed by atoms with Crippen LogP contribution < -0.4 is 11.1 Å². The first kappa shape index (κ1) is 13.5.